The van der Waals surface area contributed by atoms with Gasteiger partial charge in [0.05, 0.1) is 17.3 Å². The number of aromatic carboxylic acids is 1. The molecule has 1 aliphatic carbocycles. The summed E-state index contributed by atoms with van der Waals surface area (Å²) in [6, 6.07) is 15.3. The first-order valence-electron chi connectivity index (χ1n) is 11.2. The summed E-state index contributed by atoms with van der Waals surface area (Å²) in [5.74, 6) is 1.98. The van der Waals surface area contributed by atoms with Crippen LogP contribution in [0.3, 0.4) is 0 Å². The molecule has 0 spiro atoms. The van der Waals surface area contributed by atoms with E-state index in [-0.39, 0.29) is 5.56 Å². The minimum atomic E-state index is -1.05. The Labute approximate surface area is 191 Å². The molecule has 0 aliphatic heterocycles. The monoisotopic (exact) mass is 443 g/mol. The van der Waals surface area contributed by atoms with Crippen molar-refractivity contribution in [1.29, 1.82) is 0 Å². The predicted molar refractivity (Wildman–Crippen MR) is 125 cm³/mol. The van der Waals surface area contributed by atoms with Crippen molar-refractivity contribution >= 4 is 22.7 Å². The lowest BCUT2D eigenvalue weighted by molar-refractivity contribution is 0.0697. The Kier molecular flexibility index (Phi) is 5.89. The summed E-state index contributed by atoms with van der Waals surface area (Å²) in [5.41, 5.74) is 0.767. The smallest absolute Gasteiger partial charge is 0.338 e. The van der Waals surface area contributed by atoms with E-state index in [0.29, 0.717) is 29.0 Å². The lowest BCUT2D eigenvalue weighted by Gasteiger charge is -2.22. The number of ether oxygens (including phenoxy) is 1. The first kappa shape index (κ1) is 20.9. The number of benzene rings is 2. The van der Waals surface area contributed by atoms with Crippen LogP contribution in [0.5, 0.6) is 11.5 Å². The average Bonchev–Trinajstić information content (AvgIpc) is 3.34. The van der Waals surface area contributed by atoms with Gasteiger partial charge in [-0.05, 0) is 43.0 Å². The molecule has 8 nitrogen and oxygen atoms in total. The van der Waals surface area contributed by atoms with Crippen molar-refractivity contribution in [1.82, 2.24) is 19.7 Å². The summed E-state index contributed by atoms with van der Waals surface area (Å²) in [5, 5.41) is 17.8. The van der Waals surface area contributed by atoms with E-state index in [2.05, 4.69) is 20.4 Å². The van der Waals surface area contributed by atoms with E-state index in [1.807, 2.05) is 48.5 Å². The molecule has 1 fully saturated rings. The Morgan fingerprint density at radius 2 is 1.88 bits per heavy atom. The number of nitrogens with zero attached hydrogens (tertiary/aromatic N) is 4. The van der Waals surface area contributed by atoms with Crippen LogP contribution < -0.4 is 10.1 Å². The van der Waals surface area contributed by atoms with Gasteiger partial charge in [0.15, 0.2) is 0 Å². The van der Waals surface area contributed by atoms with Crippen molar-refractivity contribution in [3.63, 3.8) is 0 Å². The fourth-order valence-corrected chi connectivity index (χ4v) is 4.20. The molecular formula is C25H25N5O3. The third kappa shape index (κ3) is 4.79. The Morgan fingerprint density at radius 1 is 1.06 bits per heavy atom. The third-order valence-electron chi connectivity index (χ3n) is 5.95. The first-order chi connectivity index (χ1) is 16.2. The molecule has 168 valence electrons. The lowest BCUT2D eigenvalue weighted by Crippen LogP contribution is -2.18. The van der Waals surface area contributed by atoms with Crippen molar-refractivity contribution in [3.8, 4) is 17.4 Å². The molecule has 0 radical (unpaired) electrons. The number of anilines is 1. The Bertz CT molecular complexity index is 1270. The van der Waals surface area contributed by atoms with Crippen molar-refractivity contribution in [2.45, 2.75) is 32.1 Å². The van der Waals surface area contributed by atoms with Gasteiger partial charge in [-0.3, -0.25) is 0 Å². The van der Waals surface area contributed by atoms with Crippen LogP contribution in [-0.2, 0) is 0 Å². The molecule has 4 aromatic rings. The summed E-state index contributed by atoms with van der Waals surface area (Å²) < 4.78 is 7.37. The molecule has 1 aliphatic rings. The van der Waals surface area contributed by atoms with Crippen LogP contribution in [-0.4, -0.2) is 37.4 Å². The fraction of sp³-hybridized carbons (Fsp3) is 0.280. The minimum absolute atomic E-state index is 0.0802. The molecule has 2 aromatic carbocycles. The zero-order valence-electron chi connectivity index (χ0n) is 18.1. The van der Waals surface area contributed by atoms with Crippen LogP contribution in [0, 0.1) is 5.92 Å². The van der Waals surface area contributed by atoms with Crippen LogP contribution in [0.2, 0.25) is 0 Å². The number of carboxylic acids is 1. The van der Waals surface area contributed by atoms with Crippen LogP contribution in [0.1, 0.15) is 42.5 Å². The van der Waals surface area contributed by atoms with Gasteiger partial charge in [0.25, 0.3) is 5.95 Å². The number of rotatable bonds is 7. The van der Waals surface area contributed by atoms with E-state index in [1.54, 1.807) is 0 Å². The minimum Gasteiger partial charge on any atom is -0.478 e. The molecular weight excluding hydrogens is 418 g/mol. The van der Waals surface area contributed by atoms with Gasteiger partial charge in [0.1, 0.15) is 17.3 Å². The predicted octanol–water partition coefficient (Wildman–Crippen LogP) is 5.30. The van der Waals surface area contributed by atoms with Gasteiger partial charge in [0.2, 0.25) is 0 Å². The van der Waals surface area contributed by atoms with Gasteiger partial charge in [-0.1, -0.05) is 37.5 Å². The zero-order valence-corrected chi connectivity index (χ0v) is 18.1. The van der Waals surface area contributed by atoms with Crippen molar-refractivity contribution < 1.29 is 14.6 Å². The number of fused-ring (bicyclic) bond motifs is 1. The first-order valence-corrected chi connectivity index (χ1v) is 11.2. The van der Waals surface area contributed by atoms with Gasteiger partial charge in [-0.2, -0.15) is 10.1 Å². The molecule has 2 heterocycles. The van der Waals surface area contributed by atoms with Gasteiger partial charge < -0.3 is 15.2 Å². The number of nitrogens with one attached hydrogen (secondary N) is 1. The van der Waals surface area contributed by atoms with Gasteiger partial charge in [0, 0.05) is 24.2 Å². The Hall–Kier alpha value is -3.94. The second-order valence-electron chi connectivity index (χ2n) is 8.33. The van der Waals surface area contributed by atoms with E-state index in [1.165, 1.54) is 49.2 Å². The maximum atomic E-state index is 11.3. The molecule has 0 bridgehead atoms. The maximum Gasteiger partial charge on any atom is 0.338 e. The molecule has 8 heteroatoms. The molecule has 0 unspecified atom stereocenters. The summed E-state index contributed by atoms with van der Waals surface area (Å²) in [7, 11) is 0. The summed E-state index contributed by atoms with van der Waals surface area (Å²) in [6.45, 7) is 0.841. The van der Waals surface area contributed by atoms with Gasteiger partial charge >= 0.3 is 5.97 Å². The van der Waals surface area contributed by atoms with Crippen LogP contribution in [0.15, 0.2) is 60.9 Å². The van der Waals surface area contributed by atoms with Crippen LogP contribution in [0.25, 0.3) is 16.9 Å². The Morgan fingerprint density at radius 3 is 2.64 bits per heavy atom. The van der Waals surface area contributed by atoms with Crippen molar-refractivity contribution in [3.05, 3.63) is 66.5 Å². The summed E-state index contributed by atoms with van der Waals surface area (Å²) in [4.78, 5) is 20.6. The zero-order chi connectivity index (χ0) is 22.6. The van der Waals surface area contributed by atoms with Gasteiger partial charge in [-0.25, -0.2) is 14.5 Å². The van der Waals surface area contributed by atoms with Crippen LogP contribution >= 0.6 is 0 Å². The van der Waals surface area contributed by atoms with Crippen molar-refractivity contribution in [2.75, 3.05) is 11.9 Å². The molecule has 2 aromatic heterocycles. The van der Waals surface area contributed by atoms with E-state index in [9.17, 15) is 9.90 Å². The quantitative estimate of drug-likeness (QED) is 0.400. The highest BCUT2D eigenvalue weighted by molar-refractivity contribution is 5.91. The van der Waals surface area contributed by atoms with E-state index >= 15 is 0 Å². The lowest BCUT2D eigenvalue weighted by atomic mass is 9.89. The highest BCUT2D eigenvalue weighted by Crippen LogP contribution is 2.30. The number of carboxylic acid groups (broad SMARTS) is 1. The molecule has 2 N–H and O–H groups in total. The van der Waals surface area contributed by atoms with Crippen molar-refractivity contribution in [2.24, 2.45) is 5.92 Å². The van der Waals surface area contributed by atoms with E-state index in [0.717, 1.165) is 17.7 Å². The highest BCUT2D eigenvalue weighted by atomic mass is 16.5. The third-order valence-corrected chi connectivity index (χ3v) is 5.95. The number of carbonyl (C=O) groups is 1. The highest BCUT2D eigenvalue weighted by Gasteiger charge is 2.17. The number of hydrogen-bond acceptors (Lipinski definition) is 6. The molecule has 0 saturated heterocycles. The largest absolute Gasteiger partial charge is 0.478 e. The number of hydrogen-bond donors (Lipinski definition) is 2. The maximum absolute atomic E-state index is 11.3. The molecule has 1 saturated carbocycles. The van der Waals surface area contributed by atoms with E-state index < -0.39 is 5.97 Å². The standard InChI is InChI=1S/C25H25N5O3/c31-24(32)18-15-27-30(16-18)25-28-22-13-20(33-19-9-5-2-6-10-19)11-12-21(22)23(29-25)26-14-17-7-3-1-4-8-17/h2,5-6,9-13,15-17H,1,3-4,7-8,14H2,(H,31,32)(H,26,28,29). The second-order valence-corrected chi connectivity index (χ2v) is 8.33. The average molecular weight is 444 g/mol. The molecule has 0 atom stereocenters. The molecule has 33 heavy (non-hydrogen) atoms. The Balaban J connectivity index is 1.51. The SMILES string of the molecule is O=C(O)c1cnn(-c2nc(NCC3CCCCC3)c3ccc(Oc4ccccc4)cc3n2)c1. The second kappa shape index (κ2) is 9.28. The fourth-order valence-electron chi connectivity index (χ4n) is 4.20. The number of para-hydroxylation sites is 1. The van der Waals surface area contributed by atoms with Gasteiger partial charge in [-0.15, -0.1) is 0 Å². The summed E-state index contributed by atoms with van der Waals surface area (Å²) in [6.07, 6.45) is 9.00. The topological polar surface area (TPSA) is 102 Å². The molecule has 5 rings (SSSR count). The molecule has 0 amide bonds. The normalized spacial score (nSPS) is 14.3. The van der Waals surface area contributed by atoms with Crippen LogP contribution in [0.4, 0.5) is 5.82 Å². The summed E-state index contributed by atoms with van der Waals surface area (Å²) >= 11 is 0. The number of aromatic nitrogens is 4. The van der Waals surface area contributed by atoms with E-state index in [4.69, 9.17) is 4.74 Å².